The van der Waals surface area contributed by atoms with Crippen LogP contribution in [0.2, 0.25) is 5.02 Å². The number of aryl methyl sites for hydroxylation is 1. The lowest BCUT2D eigenvalue weighted by Gasteiger charge is -2.22. The lowest BCUT2D eigenvalue weighted by atomic mass is 9.90. The van der Waals surface area contributed by atoms with Gasteiger partial charge in [0.05, 0.1) is 23.7 Å². The molecule has 0 aliphatic carbocycles. The molecule has 0 radical (unpaired) electrons. The van der Waals surface area contributed by atoms with E-state index in [0.29, 0.717) is 22.1 Å². The first-order valence-electron chi connectivity index (χ1n) is 14.9. The Morgan fingerprint density at radius 1 is 1.02 bits per heavy atom. The number of primary amides is 1. The van der Waals surface area contributed by atoms with Crippen LogP contribution in [0, 0.1) is 24.5 Å². The van der Waals surface area contributed by atoms with E-state index < -0.39 is 35.3 Å². The molecule has 4 N–H and O–H groups in total. The van der Waals surface area contributed by atoms with Crippen molar-refractivity contribution in [1.29, 1.82) is 0 Å². The molecular formula is C35H35ClF2N4O3. The van der Waals surface area contributed by atoms with E-state index >= 15 is 4.39 Å². The minimum Gasteiger partial charge on any atom is -0.370 e. The zero-order valence-electron chi connectivity index (χ0n) is 25.1. The molecule has 2 amide bonds. The highest BCUT2D eigenvalue weighted by molar-refractivity contribution is 6.30. The third-order valence-corrected chi connectivity index (χ3v) is 8.64. The highest BCUT2D eigenvalue weighted by atomic mass is 35.5. The van der Waals surface area contributed by atoms with E-state index in [-0.39, 0.29) is 34.4 Å². The number of nitrogens with two attached hydrogens (primary N) is 1. The molecule has 0 saturated carbocycles. The third kappa shape index (κ3) is 7.16. The van der Waals surface area contributed by atoms with E-state index in [0.717, 1.165) is 50.0 Å². The minimum absolute atomic E-state index is 0.0214. The molecule has 1 aromatic heterocycles. The lowest BCUT2D eigenvalue weighted by Crippen LogP contribution is -2.32. The maximum atomic E-state index is 15.5. The molecule has 4 aromatic rings. The Bertz CT molecular complexity index is 1750. The third-order valence-electron chi connectivity index (χ3n) is 8.40. The van der Waals surface area contributed by atoms with Crippen molar-refractivity contribution < 1.29 is 23.2 Å². The van der Waals surface area contributed by atoms with Crippen molar-refractivity contribution >= 4 is 29.2 Å². The Morgan fingerprint density at radius 2 is 1.71 bits per heavy atom. The zero-order valence-corrected chi connectivity index (χ0v) is 25.9. The highest BCUT2D eigenvalue weighted by Crippen LogP contribution is 2.37. The fourth-order valence-electron chi connectivity index (χ4n) is 6.05. The van der Waals surface area contributed by atoms with Crippen LogP contribution in [0.4, 0.5) is 8.78 Å². The van der Waals surface area contributed by atoms with Crippen molar-refractivity contribution in [2.75, 3.05) is 13.1 Å². The van der Waals surface area contributed by atoms with Gasteiger partial charge in [0, 0.05) is 35.0 Å². The summed E-state index contributed by atoms with van der Waals surface area (Å²) in [5.41, 5.74) is 7.14. The predicted molar refractivity (Wildman–Crippen MR) is 170 cm³/mol. The average Bonchev–Trinajstić information content (AvgIpc) is 3.35. The molecule has 1 saturated heterocycles. The van der Waals surface area contributed by atoms with Gasteiger partial charge < -0.3 is 20.9 Å². The van der Waals surface area contributed by atoms with Gasteiger partial charge in [0.1, 0.15) is 11.6 Å². The van der Waals surface area contributed by atoms with Gasteiger partial charge in [0.25, 0.3) is 5.91 Å². The molecule has 234 valence electrons. The SMILES string of the molecule is Cc1c(F)ccc(F)c1-c1c(C(=O)N[C@@H](CC(N)=O)c2cccc(Cl)c2)cn(C)c1C(=O)c1ccc(CC2CCNCC2)cc1. The van der Waals surface area contributed by atoms with Crippen LogP contribution >= 0.6 is 11.6 Å². The number of ketones is 1. The van der Waals surface area contributed by atoms with Crippen LogP contribution in [-0.4, -0.2) is 35.3 Å². The number of benzene rings is 3. The second kappa shape index (κ2) is 13.7. The predicted octanol–water partition coefficient (Wildman–Crippen LogP) is 6.05. The molecule has 2 heterocycles. The summed E-state index contributed by atoms with van der Waals surface area (Å²) >= 11 is 6.16. The van der Waals surface area contributed by atoms with E-state index in [1.807, 2.05) is 12.1 Å². The van der Waals surface area contributed by atoms with Gasteiger partial charge in [0.15, 0.2) is 0 Å². The second-order valence-electron chi connectivity index (χ2n) is 11.6. The first kappa shape index (κ1) is 32.1. The molecule has 3 aromatic carbocycles. The van der Waals surface area contributed by atoms with Crippen molar-refractivity contribution in [2.45, 2.75) is 38.6 Å². The molecule has 0 spiro atoms. The number of aromatic nitrogens is 1. The van der Waals surface area contributed by atoms with Gasteiger partial charge in [-0.25, -0.2) is 8.78 Å². The molecule has 1 aliphatic heterocycles. The second-order valence-corrected chi connectivity index (χ2v) is 12.0. The maximum absolute atomic E-state index is 15.5. The molecule has 0 unspecified atom stereocenters. The van der Waals surface area contributed by atoms with Crippen LogP contribution in [0.5, 0.6) is 0 Å². The van der Waals surface area contributed by atoms with Gasteiger partial charge in [-0.3, -0.25) is 14.4 Å². The van der Waals surface area contributed by atoms with Gasteiger partial charge in [-0.15, -0.1) is 0 Å². The first-order valence-corrected chi connectivity index (χ1v) is 15.2. The molecule has 1 atom stereocenters. The van der Waals surface area contributed by atoms with Gasteiger partial charge in [-0.05, 0) is 86.1 Å². The van der Waals surface area contributed by atoms with Crippen molar-refractivity contribution in [3.05, 3.63) is 117 Å². The maximum Gasteiger partial charge on any atom is 0.253 e. The standard InChI is InChI=1S/C35H35ClF2N4O3/c1-20-27(37)10-11-28(38)31(20)32-26(35(45)41-29(18-30(39)43)24-4-3-5-25(36)17-24)19-42(2)33(32)34(44)23-8-6-21(7-9-23)16-22-12-14-40-15-13-22/h3-11,17,19,22,29,40H,12-16,18H2,1-2H3,(H2,39,43)(H,41,45)/t29-/m0/s1. The molecule has 1 fully saturated rings. The summed E-state index contributed by atoms with van der Waals surface area (Å²) in [6.45, 7) is 3.38. The lowest BCUT2D eigenvalue weighted by molar-refractivity contribution is -0.118. The van der Waals surface area contributed by atoms with E-state index in [1.165, 1.54) is 17.7 Å². The van der Waals surface area contributed by atoms with E-state index in [1.54, 1.807) is 43.4 Å². The molecule has 1 aliphatic rings. The van der Waals surface area contributed by atoms with E-state index in [2.05, 4.69) is 10.6 Å². The number of hydrogen-bond donors (Lipinski definition) is 3. The number of carbonyl (C=O) groups excluding carboxylic acids is 3. The number of nitrogens with zero attached hydrogens (tertiary/aromatic N) is 1. The average molecular weight is 633 g/mol. The summed E-state index contributed by atoms with van der Waals surface area (Å²) in [7, 11) is 1.57. The fourth-order valence-corrected chi connectivity index (χ4v) is 6.25. The summed E-state index contributed by atoms with van der Waals surface area (Å²) in [6.07, 6.45) is 4.26. The Hall–Kier alpha value is -4.34. The number of rotatable bonds is 10. The monoisotopic (exact) mass is 632 g/mol. The molecular weight excluding hydrogens is 598 g/mol. The summed E-state index contributed by atoms with van der Waals surface area (Å²) in [6, 6.07) is 15.0. The largest absolute Gasteiger partial charge is 0.370 e. The van der Waals surface area contributed by atoms with Crippen LogP contribution in [0.15, 0.2) is 66.9 Å². The number of piperidine rings is 1. The fraction of sp³-hybridized carbons (Fsp3) is 0.286. The van der Waals surface area contributed by atoms with Crippen molar-refractivity contribution in [3.8, 4) is 11.1 Å². The van der Waals surface area contributed by atoms with E-state index in [9.17, 15) is 18.8 Å². The number of carbonyl (C=O) groups is 3. The van der Waals surface area contributed by atoms with Crippen molar-refractivity contribution in [2.24, 2.45) is 18.7 Å². The summed E-state index contributed by atoms with van der Waals surface area (Å²) < 4.78 is 31.8. The Kier molecular flexibility index (Phi) is 9.80. The quantitative estimate of drug-likeness (QED) is 0.185. The molecule has 5 rings (SSSR count). The van der Waals surface area contributed by atoms with Gasteiger partial charge >= 0.3 is 0 Å². The minimum atomic E-state index is -0.869. The van der Waals surface area contributed by atoms with Crippen LogP contribution in [0.1, 0.15) is 68.4 Å². The molecule has 10 heteroatoms. The molecule has 45 heavy (non-hydrogen) atoms. The van der Waals surface area contributed by atoms with E-state index in [4.69, 9.17) is 17.3 Å². The summed E-state index contributed by atoms with van der Waals surface area (Å²) in [4.78, 5) is 39.9. The number of hydrogen-bond acceptors (Lipinski definition) is 4. The number of nitrogens with one attached hydrogen (secondary N) is 2. The van der Waals surface area contributed by atoms with Crippen LogP contribution in [-0.2, 0) is 18.3 Å². The molecule has 0 bridgehead atoms. The summed E-state index contributed by atoms with van der Waals surface area (Å²) in [5, 5.41) is 6.55. The Morgan fingerprint density at radius 3 is 2.38 bits per heavy atom. The summed E-state index contributed by atoms with van der Waals surface area (Å²) in [5.74, 6) is -2.73. The number of amides is 2. The van der Waals surface area contributed by atoms with Gasteiger partial charge in [0.2, 0.25) is 11.7 Å². The first-order chi connectivity index (χ1) is 21.5. The van der Waals surface area contributed by atoms with Gasteiger partial charge in [-0.2, -0.15) is 0 Å². The van der Waals surface area contributed by atoms with Crippen molar-refractivity contribution in [1.82, 2.24) is 15.2 Å². The highest BCUT2D eigenvalue weighted by Gasteiger charge is 2.31. The normalized spacial score (nSPS) is 14.2. The molecule has 7 nitrogen and oxygen atoms in total. The smallest absolute Gasteiger partial charge is 0.253 e. The van der Waals surface area contributed by atoms with Crippen LogP contribution in [0.25, 0.3) is 11.1 Å². The zero-order chi connectivity index (χ0) is 32.2. The van der Waals surface area contributed by atoms with Gasteiger partial charge in [-0.1, -0.05) is 48.0 Å². The topological polar surface area (TPSA) is 106 Å². The van der Waals surface area contributed by atoms with Crippen molar-refractivity contribution in [3.63, 3.8) is 0 Å². The number of halogens is 3. The van der Waals surface area contributed by atoms with Crippen LogP contribution in [0.3, 0.4) is 0 Å². The Balaban J connectivity index is 1.56. The van der Waals surface area contributed by atoms with Crippen LogP contribution < -0.4 is 16.4 Å². The Labute approximate surface area is 265 Å².